The molecule has 3 atom stereocenters. The van der Waals surface area contributed by atoms with Crippen molar-refractivity contribution in [3.05, 3.63) is 103 Å². The normalized spacial score (nSPS) is 19.1. The number of thioether (sulfide) groups is 1. The molecule has 2 aliphatic rings. The Hall–Kier alpha value is -4.95. The van der Waals surface area contributed by atoms with Gasteiger partial charge in [0.25, 0.3) is 5.69 Å². The summed E-state index contributed by atoms with van der Waals surface area (Å²) in [6.45, 7) is -0.316. The zero-order valence-electron chi connectivity index (χ0n) is 22.3. The van der Waals surface area contributed by atoms with Crippen molar-refractivity contribution in [2.24, 2.45) is 5.92 Å². The van der Waals surface area contributed by atoms with Gasteiger partial charge in [-0.3, -0.25) is 33.9 Å². The van der Waals surface area contributed by atoms with Crippen LogP contribution in [-0.4, -0.2) is 44.7 Å². The molecule has 4 aromatic rings. The van der Waals surface area contributed by atoms with E-state index in [9.17, 15) is 34.4 Å². The number of thiazole rings is 1. The lowest BCUT2D eigenvalue weighted by atomic mass is 9.83. The average Bonchev–Trinajstić information content (AvgIpc) is 3.44. The Labute approximate surface area is 251 Å². The molecule has 218 valence electrons. The van der Waals surface area contributed by atoms with E-state index in [2.05, 4.69) is 5.32 Å². The van der Waals surface area contributed by atoms with Gasteiger partial charge in [-0.15, -0.1) is 0 Å². The number of fused-ring (bicyclic) bond motifs is 2. The largest absolute Gasteiger partial charge is 0.504 e. The monoisotopic (exact) mass is 618 g/mol. The zero-order valence-corrected chi connectivity index (χ0v) is 24.0. The number of ether oxygens (including phenoxy) is 1. The first kappa shape index (κ1) is 28.2. The number of hydrogen-bond donors (Lipinski definition) is 2. The zero-order chi connectivity index (χ0) is 30.4. The summed E-state index contributed by atoms with van der Waals surface area (Å²) in [5.41, 5.74) is 1.08. The molecule has 1 saturated heterocycles. The number of aromatic nitrogens is 1. The molecule has 2 aliphatic heterocycles. The molecule has 0 spiro atoms. The molecule has 0 radical (unpaired) electrons. The van der Waals surface area contributed by atoms with E-state index >= 15 is 0 Å². The number of nitrogens with zero attached hydrogens (tertiary/aromatic N) is 3. The second-order valence-electron chi connectivity index (χ2n) is 9.80. The number of hydrogen-bond acceptors (Lipinski definition) is 10. The van der Waals surface area contributed by atoms with E-state index < -0.39 is 44.6 Å². The highest BCUT2D eigenvalue weighted by Crippen LogP contribution is 2.54. The highest BCUT2D eigenvalue weighted by molar-refractivity contribution is 8.00. The molecule has 3 heterocycles. The number of nitrogens with one attached hydrogen (secondary N) is 1. The number of phenols is 1. The summed E-state index contributed by atoms with van der Waals surface area (Å²) < 4.78 is 6.60. The van der Waals surface area contributed by atoms with Crippen LogP contribution in [0.1, 0.15) is 16.4 Å². The molecule has 0 bridgehead atoms. The van der Waals surface area contributed by atoms with Gasteiger partial charge >= 0.3 is 4.87 Å². The Kier molecular flexibility index (Phi) is 7.23. The highest BCUT2D eigenvalue weighted by atomic mass is 32.2. The summed E-state index contributed by atoms with van der Waals surface area (Å²) in [6, 6.07) is 18.4. The third kappa shape index (κ3) is 4.93. The first-order valence-corrected chi connectivity index (χ1v) is 14.6. The molecular formula is C29H22N4O8S2. The first-order chi connectivity index (χ1) is 20.7. The second kappa shape index (κ2) is 11.0. The van der Waals surface area contributed by atoms with Crippen LogP contribution in [0.25, 0.3) is 0 Å². The van der Waals surface area contributed by atoms with Crippen molar-refractivity contribution >= 4 is 57.9 Å². The van der Waals surface area contributed by atoms with Crippen molar-refractivity contribution in [3.63, 3.8) is 0 Å². The van der Waals surface area contributed by atoms with Gasteiger partial charge in [0.2, 0.25) is 17.7 Å². The fourth-order valence-corrected chi connectivity index (χ4v) is 8.12. The fraction of sp³-hybridized carbons (Fsp3) is 0.172. The number of rotatable bonds is 7. The topological polar surface area (TPSA) is 161 Å². The van der Waals surface area contributed by atoms with Gasteiger partial charge in [-0.1, -0.05) is 47.4 Å². The number of imide groups is 1. The quantitative estimate of drug-likeness (QED) is 0.177. The van der Waals surface area contributed by atoms with Crippen molar-refractivity contribution in [1.82, 2.24) is 4.57 Å². The number of phenolic OH excluding ortho intramolecular Hbond substituents is 1. The summed E-state index contributed by atoms with van der Waals surface area (Å²) in [7, 11) is 1.38. The molecule has 0 aliphatic carbocycles. The number of aromatic hydroxyl groups is 1. The van der Waals surface area contributed by atoms with Crippen LogP contribution in [0.4, 0.5) is 17.1 Å². The molecule has 0 unspecified atom stereocenters. The number of benzene rings is 3. The van der Waals surface area contributed by atoms with Gasteiger partial charge in [0.1, 0.15) is 11.8 Å². The van der Waals surface area contributed by atoms with Gasteiger partial charge in [-0.05, 0) is 42.0 Å². The van der Waals surface area contributed by atoms with Crippen molar-refractivity contribution in [1.29, 1.82) is 0 Å². The average molecular weight is 619 g/mol. The van der Waals surface area contributed by atoms with Crippen molar-refractivity contribution < 1.29 is 29.2 Å². The maximum Gasteiger partial charge on any atom is 0.308 e. The van der Waals surface area contributed by atoms with Gasteiger partial charge in [-0.25, -0.2) is 4.90 Å². The van der Waals surface area contributed by atoms with Crippen LogP contribution in [0, 0.1) is 16.0 Å². The van der Waals surface area contributed by atoms with E-state index in [-0.39, 0.29) is 29.4 Å². The number of methoxy groups -OCH3 is 1. The third-order valence-corrected chi connectivity index (χ3v) is 9.89. The van der Waals surface area contributed by atoms with Gasteiger partial charge in [0.05, 0.1) is 28.7 Å². The Morgan fingerprint density at radius 3 is 2.44 bits per heavy atom. The van der Waals surface area contributed by atoms with Crippen LogP contribution in [0.15, 0.2) is 82.6 Å². The first-order valence-electron chi connectivity index (χ1n) is 12.9. The summed E-state index contributed by atoms with van der Waals surface area (Å²) in [6.07, 6.45) is 0. The minimum Gasteiger partial charge on any atom is -0.504 e. The van der Waals surface area contributed by atoms with E-state index in [0.717, 1.165) is 28.0 Å². The summed E-state index contributed by atoms with van der Waals surface area (Å²) >= 11 is 1.93. The van der Waals surface area contributed by atoms with Crippen LogP contribution in [-0.2, 0) is 20.9 Å². The van der Waals surface area contributed by atoms with Gasteiger partial charge in [0.15, 0.2) is 11.5 Å². The summed E-state index contributed by atoms with van der Waals surface area (Å²) in [5, 5.41) is 23.6. The van der Waals surface area contributed by atoms with E-state index in [1.54, 1.807) is 42.5 Å². The van der Waals surface area contributed by atoms with Crippen LogP contribution in [0.5, 0.6) is 11.5 Å². The van der Waals surface area contributed by atoms with Gasteiger partial charge in [-0.2, -0.15) is 0 Å². The Bertz CT molecular complexity index is 1840. The Balaban J connectivity index is 1.43. The molecule has 14 heteroatoms. The number of carbonyl (C=O) groups is 3. The Morgan fingerprint density at radius 1 is 1.05 bits per heavy atom. The minimum atomic E-state index is -0.961. The molecule has 2 N–H and O–H groups in total. The number of nitro benzene ring substituents is 1. The standard InChI is InChI=1S/C29H22N4O8S2/c1-41-20-13-15(7-12-19(20)34)22-23-24(27(37)32(26(23)36)17-8-10-18(11-9-17)33(39)40)42-28-25(22)43-29(38)31(28)14-21(35)30-16-5-3-2-4-6-16/h2-13,22-24,34H,14H2,1H3,(H,30,35)/t22-,23+,24-/m0/s1. The van der Waals surface area contributed by atoms with Crippen LogP contribution in [0.3, 0.4) is 0 Å². The highest BCUT2D eigenvalue weighted by Gasteiger charge is 2.57. The maximum atomic E-state index is 14.0. The van der Waals surface area contributed by atoms with Crippen LogP contribution in [0.2, 0.25) is 0 Å². The molecule has 3 amide bonds. The number of carbonyl (C=O) groups excluding carboxylic acids is 3. The lowest BCUT2D eigenvalue weighted by Crippen LogP contribution is -2.33. The molecule has 1 aromatic heterocycles. The van der Waals surface area contributed by atoms with Crippen molar-refractivity contribution in [2.75, 3.05) is 17.3 Å². The summed E-state index contributed by atoms with van der Waals surface area (Å²) in [5.74, 6) is -3.24. The van der Waals surface area contributed by atoms with E-state index in [0.29, 0.717) is 21.2 Å². The molecule has 1 fully saturated rings. The van der Waals surface area contributed by atoms with Gasteiger partial charge < -0.3 is 15.2 Å². The molecule has 3 aromatic carbocycles. The number of para-hydroxylation sites is 1. The lowest BCUT2D eigenvalue weighted by molar-refractivity contribution is -0.384. The number of anilines is 2. The molecule has 43 heavy (non-hydrogen) atoms. The molecular weight excluding hydrogens is 596 g/mol. The smallest absolute Gasteiger partial charge is 0.308 e. The molecule has 12 nitrogen and oxygen atoms in total. The third-order valence-electron chi connectivity index (χ3n) is 7.29. The predicted octanol–water partition coefficient (Wildman–Crippen LogP) is 3.97. The number of non-ortho nitro benzene ring substituents is 1. The number of amides is 3. The van der Waals surface area contributed by atoms with Crippen molar-refractivity contribution in [2.45, 2.75) is 22.7 Å². The van der Waals surface area contributed by atoms with Gasteiger partial charge in [0, 0.05) is 28.6 Å². The second-order valence-corrected chi connectivity index (χ2v) is 11.9. The number of nitro groups is 1. The molecule has 6 rings (SSSR count). The maximum absolute atomic E-state index is 14.0. The van der Waals surface area contributed by atoms with E-state index in [1.165, 1.54) is 42.0 Å². The Morgan fingerprint density at radius 2 is 1.77 bits per heavy atom. The van der Waals surface area contributed by atoms with E-state index in [4.69, 9.17) is 4.74 Å². The van der Waals surface area contributed by atoms with E-state index in [1.807, 2.05) is 0 Å². The van der Waals surface area contributed by atoms with Crippen LogP contribution < -0.4 is 19.8 Å². The van der Waals surface area contributed by atoms with Crippen molar-refractivity contribution in [3.8, 4) is 11.5 Å². The SMILES string of the molecule is COc1cc([C@@H]2c3sc(=O)n(CC(=O)Nc4ccccc4)c3S[C@@H]3C(=O)N(c4ccc([N+](=O)[O-])cc4)C(=O)[C@H]23)ccc1O. The molecule has 0 saturated carbocycles. The summed E-state index contributed by atoms with van der Waals surface area (Å²) in [4.78, 5) is 65.7. The minimum absolute atomic E-state index is 0.127. The lowest BCUT2D eigenvalue weighted by Gasteiger charge is -2.31. The predicted molar refractivity (Wildman–Crippen MR) is 159 cm³/mol. The van der Waals surface area contributed by atoms with Crippen LogP contribution >= 0.6 is 23.1 Å². The fourth-order valence-electron chi connectivity index (χ4n) is 5.35.